The predicted octanol–water partition coefficient (Wildman–Crippen LogP) is 5.13. The van der Waals surface area contributed by atoms with Gasteiger partial charge in [-0.15, -0.1) is 0 Å². The number of amides is 2. The third kappa shape index (κ3) is 5.92. The van der Waals surface area contributed by atoms with Crippen LogP contribution in [0.1, 0.15) is 86.8 Å². The maximum Gasteiger partial charge on any atom is 0.338 e. The molecule has 0 spiro atoms. The van der Waals surface area contributed by atoms with Crippen LogP contribution in [0, 0.1) is 12.7 Å². The second-order valence-corrected chi connectivity index (χ2v) is 11.3. The minimum Gasteiger partial charge on any atom is -0.456 e. The summed E-state index contributed by atoms with van der Waals surface area (Å²) in [5.41, 5.74) is 3.81. The third-order valence-corrected chi connectivity index (χ3v) is 7.17. The Balaban J connectivity index is 1.35. The van der Waals surface area contributed by atoms with Gasteiger partial charge in [0.1, 0.15) is 22.8 Å². The van der Waals surface area contributed by atoms with E-state index in [0.29, 0.717) is 29.6 Å². The molecule has 1 aliphatic rings. The number of halogens is 2. The highest BCUT2D eigenvalue weighted by molar-refractivity contribution is 6.30. The second kappa shape index (κ2) is 10.9. The fourth-order valence-electron chi connectivity index (χ4n) is 4.93. The van der Waals surface area contributed by atoms with Crippen molar-refractivity contribution in [3.63, 3.8) is 0 Å². The molecule has 0 radical (unpaired) electrons. The Morgan fingerprint density at radius 2 is 1.90 bits per heavy atom. The minimum atomic E-state index is -0.605. The Morgan fingerprint density at radius 1 is 1.12 bits per heavy atom. The largest absolute Gasteiger partial charge is 0.456 e. The number of aromatic nitrogens is 3. The standard InChI is InChI=1S/C30H29ClFN5O4/c1-16-18-8-10-23(20(18)7-6-19(16)29(40)41-30(2,3)4)36-28(39)25-14-24(35-26-11-12-34-37(25)26)27(38)33-15-17-5-9-22(32)21(31)13-17/h5-7,9,11-14,23H,8,10,15H2,1-4H3,(H,33,38)(H,36,39)/t23-/m0/s1. The molecule has 1 atom stereocenters. The summed E-state index contributed by atoms with van der Waals surface area (Å²) >= 11 is 5.83. The van der Waals surface area contributed by atoms with Gasteiger partial charge in [0.15, 0.2) is 5.65 Å². The summed E-state index contributed by atoms with van der Waals surface area (Å²) in [6, 6.07) is 10.5. The van der Waals surface area contributed by atoms with Crippen molar-refractivity contribution in [2.45, 2.75) is 58.7 Å². The lowest BCUT2D eigenvalue weighted by Crippen LogP contribution is -2.30. The molecule has 1 aliphatic carbocycles. The molecule has 2 heterocycles. The van der Waals surface area contributed by atoms with Crippen molar-refractivity contribution in [1.29, 1.82) is 0 Å². The molecule has 4 aromatic rings. The number of hydrogen-bond acceptors (Lipinski definition) is 6. The van der Waals surface area contributed by atoms with Crippen LogP contribution < -0.4 is 10.6 Å². The van der Waals surface area contributed by atoms with E-state index in [1.54, 1.807) is 12.1 Å². The molecule has 5 rings (SSSR count). The number of rotatable bonds is 6. The summed E-state index contributed by atoms with van der Waals surface area (Å²) in [5.74, 6) is -1.86. The Kier molecular flexibility index (Phi) is 7.52. The monoisotopic (exact) mass is 577 g/mol. The first-order valence-corrected chi connectivity index (χ1v) is 13.5. The SMILES string of the molecule is Cc1c(C(=O)OC(C)(C)C)ccc2c1CC[C@@H]2NC(=O)c1cc(C(=O)NCc2ccc(F)c(Cl)c2)nc2ccnn12. The van der Waals surface area contributed by atoms with E-state index in [9.17, 15) is 18.8 Å². The van der Waals surface area contributed by atoms with Crippen LogP contribution in [-0.4, -0.2) is 38.0 Å². The zero-order valence-electron chi connectivity index (χ0n) is 23.0. The van der Waals surface area contributed by atoms with Crippen molar-refractivity contribution >= 4 is 35.0 Å². The zero-order chi connectivity index (χ0) is 29.5. The molecule has 2 aromatic carbocycles. The molecule has 2 amide bonds. The van der Waals surface area contributed by atoms with Crippen LogP contribution in [0.4, 0.5) is 4.39 Å². The van der Waals surface area contributed by atoms with E-state index in [0.717, 1.165) is 16.7 Å². The summed E-state index contributed by atoms with van der Waals surface area (Å²) < 4.78 is 20.4. The normalized spacial score (nSPS) is 14.5. The maximum absolute atomic E-state index is 13.5. The lowest BCUT2D eigenvalue weighted by atomic mass is 9.97. The number of carbonyl (C=O) groups is 3. The highest BCUT2D eigenvalue weighted by Crippen LogP contribution is 2.35. The summed E-state index contributed by atoms with van der Waals surface area (Å²) in [7, 11) is 0. The van der Waals surface area contributed by atoms with Crippen LogP contribution in [-0.2, 0) is 17.7 Å². The van der Waals surface area contributed by atoms with Gasteiger partial charge in [0.2, 0.25) is 0 Å². The van der Waals surface area contributed by atoms with Crippen molar-refractivity contribution in [3.8, 4) is 0 Å². The van der Waals surface area contributed by atoms with E-state index in [1.165, 1.54) is 35.0 Å². The van der Waals surface area contributed by atoms with E-state index in [-0.39, 0.29) is 35.0 Å². The van der Waals surface area contributed by atoms with Crippen molar-refractivity contribution in [2.75, 3.05) is 0 Å². The second-order valence-electron chi connectivity index (χ2n) is 10.9. The van der Waals surface area contributed by atoms with E-state index in [4.69, 9.17) is 16.3 Å². The van der Waals surface area contributed by atoms with Gasteiger partial charge in [-0.25, -0.2) is 18.7 Å². The van der Waals surface area contributed by atoms with Crippen LogP contribution in [0.25, 0.3) is 5.65 Å². The highest BCUT2D eigenvalue weighted by Gasteiger charge is 2.30. The van der Waals surface area contributed by atoms with Gasteiger partial charge in [-0.3, -0.25) is 9.59 Å². The fraction of sp³-hybridized carbons (Fsp3) is 0.300. The lowest BCUT2D eigenvalue weighted by Gasteiger charge is -2.21. The highest BCUT2D eigenvalue weighted by atomic mass is 35.5. The summed E-state index contributed by atoms with van der Waals surface area (Å²) in [6.45, 7) is 7.46. The molecule has 11 heteroatoms. The Morgan fingerprint density at radius 3 is 2.63 bits per heavy atom. The number of nitrogens with one attached hydrogen (secondary N) is 2. The fourth-order valence-corrected chi connectivity index (χ4v) is 5.13. The number of nitrogens with zero attached hydrogens (tertiary/aromatic N) is 3. The van der Waals surface area contributed by atoms with Gasteiger partial charge in [-0.2, -0.15) is 5.10 Å². The smallest absolute Gasteiger partial charge is 0.338 e. The lowest BCUT2D eigenvalue weighted by molar-refractivity contribution is 0.00683. The van der Waals surface area contributed by atoms with Gasteiger partial charge in [0, 0.05) is 18.7 Å². The molecule has 0 saturated carbocycles. The summed E-state index contributed by atoms with van der Waals surface area (Å²) in [4.78, 5) is 43.5. The van der Waals surface area contributed by atoms with Gasteiger partial charge in [0.05, 0.1) is 22.8 Å². The number of hydrogen-bond donors (Lipinski definition) is 2. The Hall–Kier alpha value is -4.31. The average molecular weight is 578 g/mol. The predicted molar refractivity (Wildman–Crippen MR) is 150 cm³/mol. The molecule has 0 saturated heterocycles. The average Bonchev–Trinajstić information content (AvgIpc) is 3.55. The van der Waals surface area contributed by atoms with Gasteiger partial charge in [0.25, 0.3) is 11.8 Å². The topological polar surface area (TPSA) is 115 Å². The zero-order valence-corrected chi connectivity index (χ0v) is 23.8. The number of carbonyl (C=O) groups excluding carboxylic acids is 3. The molecule has 2 aromatic heterocycles. The molecule has 41 heavy (non-hydrogen) atoms. The van der Waals surface area contributed by atoms with Crippen molar-refractivity contribution in [1.82, 2.24) is 25.2 Å². The molecule has 212 valence electrons. The van der Waals surface area contributed by atoms with Gasteiger partial charge >= 0.3 is 5.97 Å². The molecular weight excluding hydrogens is 549 g/mol. The summed E-state index contributed by atoms with van der Waals surface area (Å²) in [6.07, 6.45) is 2.84. The number of fused-ring (bicyclic) bond motifs is 2. The first-order valence-electron chi connectivity index (χ1n) is 13.1. The molecule has 0 unspecified atom stereocenters. The van der Waals surface area contributed by atoms with Gasteiger partial charge in [-0.05, 0) is 81.0 Å². The van der Waals surface area contributed by atoms with E-state index in [2.05, 4.69) is 20.7 Å². The first kappa shape index (κ1) is 28.2. The van der Waals surface area contributed by atoms with Crippen LogP contribution in [0.2, 0.25) is 5.02 Å². The Bertz CT molecular complexity index is 1690. The number of esters is 1. The van der Waals surface area contributed by atoms with Crippen LogP contribution in [0.3, 0.4) is 0 Å². The molecule has 0 fully saturated rings. The van der Waals surface area contributed by atoms with Crippen LogP contribution >= 0.6 is 11.6 Å². The van der Waals surface area contributed by atoms with Gasteiger partial charge in [-0.1, -0.05) is 23.7 Å². The van der Waals surface area contributed by atoms with E-state index >= 15 is 0 Å². The van der Waals surface area contributed by atoms with E-state index < -0.39 is 23.2 Å². The number of ether oxygens (including phenoxy) is 1. The van der Waals surface area contributed by atoms with Crippen molar-refractivity contribution in [2.24, 2.45) is 0 Å². The molecule has 9 nitrogen and oxygen atoms in total. The van der Waals surface area contributed by atoms with Crippen LogP contribution in [0.5, 0.6) is 0 Å². The first-order chi connectivity index (χ1) is 19.4. The molecule has 2 N–H and O–H groups in total. The molecule has 0 aliphatic heterocycles. The van der Waals surface area contributed by atoms with Crippen LogP contribution in [0.15, 0.2) is 48.7 Å². The molecule has 0 bridgehead atoms. The van der Waals surface area contributed by atoms with Crippen molar-refractivity contribution < 1.29 is 23.5 Å². The molecular formula is C30H29ClFN5O4. The maximum atomic E-state index is 13.5. The minimum absolute atomic E-state index is 0.0287. The Labute approximate surface area is 241 Å². The quantitative estimate of drug-likeness (QED) is 0.307. The number of benzene rings is 2. The van der Waals surface area contributed by atoms with Gasteiger partial charge < -0.3 is 15.4 Å². The summed E-state index contributed by atoms with van der Waals surface area (Å²) in [5, 5.41) is 9.94. The van der Waals surface area contributed by atoms with E-state index in [1.807, 2.05) is 33.8 Å². The third-order valence-electron chi connectivity index (χ3n) is 6.88. The van der Waals surface area contributed by atoms with Crippen molar-refractivity contribution in [3.05, 3.63) is 98.7 Å².